The number of benzene rings is 2. The second kappa shape index (κ2) is 10.7. The molecular formula is C24H22ClFN2O4S2. The number of nitrogens with one attached hydrogen (secondary N) is 1. The number of ether oxygens (including phenoxy) is 2. The van der Waals surface area contributed by atoms with Crippen molar-refractivity contribution in [3.05, 3.63) is 69.6 Å². The molecule has 4 aromatic rings. The molecule has 1 N–H and O–H groups in total. The maximum absolute atomic E-state index is 14.2. The first-order valence-electron chi connectivity index (χ1n) is 10.6. The number of carbonyl (C=O) groups excluding carboxylic acids is 1. The third kappa shape index (κ3) is 4.73. The molecule has 0 amide bonds. The normalized spacial score (nSPS) is 12.1. The Morgan fingerprint density at radius 1 is 1.26 bits per heavy atom. The van der Waals surface area contributed by atoms with Crippen LogP contribution in [0.15, 0.2) is 52.6 Å². The van der Waals surface area contributed by atoms with Gasteiger partial charge in [-0.2, -0.15) is 12.6 Å². The summed E-state index contributed by atoms with van der Waals surface area (Å²) < 4.78 is 26.4. The van der Waals surface area contributed by atoms with Crippen molar-refractivity contribution in [3.8, 4) is 22.6 Å². The van der Waals surface area contributed by atoms with Gasteiger partial charge in [-0.1, -0.05) is 24.3 Å². The number of nitrogens with zero attached hydrogens (tertiary/aromatic N) is 1. The number of halogens is 2. The molecule has 178 valence electrons. The molecule has 0 fully saturated rings. The van der Waals surface area contributed by atoms with Gasteiger partial charge in [-0.05, 0) is 31.5 Å². The minimum Gasteiger partial charge on any atom is -0.493 e. The van der Waals surface area contributed by atoms with Crippen molar-refractivity contribution in [2.24, 2.45) is 0 Å². The average molecular weight is 521 g/mol. The van der Waals surface area contributed by atoms with E-state index in [0.29, 0.717) is 46.0 Å². The van der Waals surface area contributed by atoms with Crippen molar-refractivity contribution >= 4 is 51.8 Å². The lowest BCUT2D eigenvalue weighted by Gasteiger charge is -2.15. The number of para-hydroxylation sites is 1. The van der Waals surface area contributed by atoms with Crippen LogP contribution in [0, 0.1) is 5.82 Å². The molecule has 34 heavy (non-hydrogen) atoms. The molecule has 6 nitrogen and oxygen atoms in total. The number of thiol groups is 1. The predicted octanol–water partition coefficient (Wildman–Crippen LogP) is 5.73. The molecule has 2 aromatic heterocycles. The Kier molecular flexibility index (Phi) is 7.65. The van der Waals surface area contributed by atoms with E-state index in [1.807, 2.05) is 29.6 Å². The summed E-state index contributed by atoms with van der Waals surface area (Å²) in [6, 6.07) is 11.3. The molecule has 0 aliphatic carbocycles. The molecule has 0 saturated heterocycles. The van der Waals surface area contributed by atoms with Crippen molar-refractivity contribution in [2.45, 2.75) is 18.6 Å². The number of carbonyl (C=O) groups is 1. The molecule has 1 atom stereocenters. The third-order valence-corrected chi connectivity index (χ3v) is 6.81. The number of alkyl halides is 1. The van der Waals surface area contributed by atoms with E-state index in [4.69, 9.17) is 21.1 Å². The summed E-state index contributed by atoms with van der Waals surface area (Å²) >= 11 is 11.5. The van der Waals surface area contributed by atoms with Crippen molar-refractivity contribution in [1.82, 2.24) is 9.78 Å². The number of aromatic amines is 1. The number of thiophene rings is 1. The van der Waals surface area contributed by atoms with Crippen LogP contribution in [0.5, 0.6) is 5.75 Å². The molecule has 0 radical (unpaired) electrons. The summed E-state index contributed by atoms with van der Waals surface area (Å²) in [5.74, 6) is 0.0000925. The quantitative estimate of drug-likeness (QED) is 0.128. The standard InChI is InChI=1S/C24H22ClFN2O4S2/c1-2-31-24(30)21(33)16-9-8-14(26)12-18(16)28-23(29)20-17(13-34-22(20)27-28)15-6-3-4-7-19(15)32-11-5-10-25/h3-4,6-9,12-13,21,27,33H,2,5,10-11H2,1H3. The molecule has 0 bridgehead atoms. The van der Waals surface area contributed by atoms with Crippen molar-refractivity contribution in [1.29, 1.82) is 0 Å². The van der Waals surface area contributed by atoms with Gasteiger partial charge in [-0.3, -0.25) is 14.7 Å². The molecular weight excluding hydrogens is 499 g/mol. The van der Waals surface area contributed by atoms with Crippen LogP contribution >= 0.6 is 35.6 Å². The zero-order valence-corrected chi connectivity index (χ0v) is 20.7. The number of hydrogen-bond acceptors (Lipinski definition) is 6. The van der Waals surface area contributed by atoms with E-state index in [1.54, 1.807) is 6.92 Å². The fraction of sp³-hybridized carbons (Fsp3) is 0.250. The lowest BCUT2D eigenvalue weighted by Crippen LogP contribution is -2.19. The summed E-state index contributed by atoms with van der Waals surface area (Å²) in [6.07, 6.45) is 0.694. The van der Waals surface area contributed by atoms with E-state index in [1.165, 1.54) is 34.2 Å². The van der Waals surface area contributed by atoms with E-state index >= 15 is 0 Å². The van der Waals surface area contributed by atoms with Crippen molar-refractivity contribution in [3.63, 3.8) is 0 Å². The Labute approximate surface area is 209 Å². The first-order chi connectivity index (χ1) is 16.5. The van der Waals surface area contributed by atoms with Crippen LogP contribution < -0.4 is 10.3 Å². The fourth-order valence-electron chi connectivity index (χ4n) is 3.63. The molecule has 0 aliphatic heterocycles. The van der Waals surface area contributed by atoms with Gasteiger partial charge in [-0.25, -0.2) is 9.07 Å². The van der Waals surface area contributed by atoms with Gasteiger partial charge in [0.25, 0.3) is 5.56 Å². The highest BCUT2D eigenvalue weighted by Crippen LogP contribution is 2.37. The Hall–Kier alpha value is -2.75. The van der Waals surface area contributed by atoms with Crippen LogP contribution in [0.25, 0.3) is 27.0 Å². The summed E-state index contributed by atoms with van der Waals surface area (Å²) in [5.41, 5.74) is 1.64. The first kappa shape index (κ1) is 24.4. The Morgan fingerprint density at radius 2 is 2.06 bits per heavy atom. The van der Waals surface area contributed by atoms with Crippen LogP contribution in [0.2, 0.25) is 0 Å². The zero-order chi connectivity index (χ0) is 24.2. The number of aromatic nitrogens is 2. The summed E-state index contributed by atoms with van der Waals surface area (Å²) in [7, 11) is 0. The summed E-state index contributed by atoms with van der Waals surface area (Å²) in [6.45, 7) is 2.32. The second-order valence-corrected chi connectivity index (χ2v) is 9.12. The van der Waals surface area contributed by atoms with Gasteiger partial charge in [0.1, 0.15) is 21.6 Å². The maximum Gasteiger partial charge on any atom is 0.323 e. The minimum absolute atomic E-state index is 0.181. The second-order valence-electron chi connectivity index (χ2n) is 7.35. The molecule has 10 heteroatoms. The van der Waals surface area contributed by atoms with Crippen molar-refractivity contribution in [2.75, 3.05) is 19.1 Å². The molecule has 4 rings (SSSR count). The highest BCUT2D eigenvalue weighted by molar-refractivity contribution is 7.81. The van der Waals surface area contributed by atoms with E-state index in [9.17, 15) is 14.0 Å². The first-order valence-corrected chi connectivity index (χ1v) is 12.5. The Bertz CT molecular complexity index is 1380. The largest absolute Gasteiger partial charge is 0.493 e. The van der Waals surface area contributed by atoms with Gasteiger partial charge >= 0.3 is 5.97 Å². The van der Waals surface area contributed by atoms with Gasteiger partial charge in [-0.15, -0.1) is 22.9 Å². The van der Waals surface area contributed by atoms with E-state index < -0.39 is 17.0 Å². The summed E-state index contributed by atoms with van der Waals surface area (Å²) in [4.78, 5) is 26.5. The number of rotatable bonds is 9. The lowest BCUT2D eigenvalue weighted by molar-refractivity contribution is -0.142. The Balaban J connectivity index is 1.83. The monoisotopic (exact) mass is 520 g/mol. The predicted molar refractivity (Wildman–Crippen MR) is 136 cm³/mol. The van der Waals surface area contributed by atoms with Gasteiger partial charge in [0.15, 0.2) is 0 Å². The molecule has 0 aliphatic rings. The molecule has 0 saturated carbocycles. The maximum atomic E-state index is 14.2. The SMILES string of the molecule is CCOC(=O)C(S)c1ccc(F)cc1-n1[nH]c2scc(-c3ccccc3OCCCCl)c2c1=O. The minimum atomic E-state index is -0.987. The highest BCUT2D eigenvalue weighted by atomic mass is 35.5. The summed E-state index contributed by atoms with van der Waals surface area (Å²) in [5, 5.41) is 4.38. The van der Waals surface area contributed by atoms with E-state index in [-0.39, 0.29) is 17.9 Å². The number of H-pyrrole nitrogens is 1. The van der Waals surface area contributed by atoms with Crippen LogP contribution in [0.1, 0.15) is 24.2 Å². The van der Waals surface area contributed by atoms with Gasteiger partial charge in [0.2, 0.25) is 0 Å². The van der Waals surface area contributed by atoms with Crippen molar-refractivity contribution < 1.29 is 18.7 Å². The van der Waals surface area contributed by atoms with Crippen LogP contribution in [0.3, 0.4) is 0 Å². The number of hydrogen-bond donors (Lipinski definition) is 2. The third-order valence-electron chi connectivity index (χ3n) is 5.17. The van der Waals surface area contributed by atoms with E-state index in [2.05, 4.69) is 17.7 Å². The Morgan fingerprint density at radius 3 is 2.82 bits per heavy atom. The topological polar surface area (TPSA) is 73.3 Å². The number of fused-ring (bicyclic) bond motifs is 1. The molecule has 2 heterocycles. The van der Waals surface area contributed by atoms with Crippen LogP contribution in [-0.2, 0) is 9.53 Å². The lowest BCUT2D eigenvalue weighted by atomic mass is 10.1. The highest BCUT2D eigenvalue weighted by Gasteiger charge is 2.25. The fourth-order valence-corrected chi connectivity index (χ4v) is 4.97. The van der Waals surface area contributed by atoms with E-state index in [0.717, 1.165) is 5.56 Å². The molecule has 1 unspecified atom stereocenters. The smallest absolute Gasteiger partial charge is 0.323 e. The van der Waals surface area contributed by atoms with Gasteiger partial charge < -0.3 is 9.47 Å². The molecule has 0 spiro atoms. The van der Waals surface area contributed by atoms with Gasteiger partial charge in [0.05, 0.1) is 24.3 Å². The van der Waals surface area contributed by atoms with Crippen LogP contribution in [0.4, 0.5) is 4.39 Å². The van der Waals surface area contributed by atoms with Gasteiger partial charge in [0, 0.05) is 28.0 Å². The van der Waals surface area contributed by atoms with Crippen LogP contribution in [-0.4, -0.2) is 34.8 Å². The average Bonchev–Trinajstić information content (AvgIpc) is 3.39. The zero-order valence-electron chi connectivity index (χ0n) is 18.2. The number of esters is 1. The molecule has 2 aromatic carbocycles.